The minimum atomic E-state index is -0.153. The molecule has 0 bridgehead atoms. The van der Waals surface area contributed by atoms with Crippen LogP contribution in [0.1, 0.15) is 17.5 Å². The molecule has 2 N–H and O–H groups in total. The number of pyridine rings is 1. The van der Waals surface area contributed by atoms with E-state index in [0.717, 1.165) is 23.1 Å². The average molecular weight is 350 g/mol. The van der Waals surface area contributed by atoms with Gasteiger partial charge in [0, 0.05) is 29.4 Å². The normalized spacial score (nSPS) is 10.7. The van der Waals surface area contributed by atoms with Crippen molar-refractivity contribution in [3.05, 3.63) is 76.1 Å². The number of ether oxygens (including phenoxy) is 1. The fourth-order valence-corrected chi connectivity index (χ4v) is 2.87. The fourth-order valence-electron chi connectivity index (χ4n) is 2.87. The van der Waals surface area contributed by atoms with Gasteiger partial charge < -0.3 is 15.0 Å². The molecule has 0 fully saturated rings. The molecule has 5 heteroatoms. The molecular formula is C21H22N2O3. The van der Waals surface area contributed by atoms with Gasteiger partial charge in [-0.2, -0.15) is 0 Å². The van der Waals surface area contributed by atoms with Crippen molar-refractivity contribution in [3.8, 4) is 5.75 Å². The summed E-state index contributed by atoms with van der Waals surface area (Å²) in [5.41, 5.74) is 2.39. The summed E-state index contributed by atoms with van der Waals surface area (Å²) in [5.74, 6) is 0.681. The molecule has 0 radical (unpaired) electrons. The monoisotopic (exact) mass is 350 g/mol. The quantitative estimate of drug-likeness (QED) is 0.688. The summed E-state index contributed by atoms with van der Waals surface area (Å²) in [6.45, 7) is 0.591. The first kappa shape index (κ1) is 17.7. The minimum Gasteiger partial charge on any atom is -0.497 e. The van der Waals surface area contributed by atoms with Crippen LogP contribution in [0.25, 0.3) is 10.9 Å². The summed E-state index contributed by atoms with van der Waals surface area (Å²) in [6, 6.07) is 17.3. The SMILES string of the molecule is COc1ccc2[nH]c(=O)c(CCC(=O)NCCc3ccccc3)cc2c1. The average Bonchev–Trinajstić information content (AvgIpc) is 2.67. The van der Waals surface area contributed by atoms with Crippen molar-refractivity contribution in [2.24, 2.45) is 0 Å². The van der Waals surface area contributed by atoms with Crippen molar-refractivity contribution in [2.75, 3.05) is 13.7 Å². The summed E-state index contributed by atoms with van der Waals surface area (Å²) in [7, 11) is 1.60. The number of amides is 1. The molecule has 3 aromatic rings. The molecule has 0 aliphatic heterocycles. The van der Waals surface area contributed by atoms with Gasteiger partial charge in [0.15, 0.2) is 0 Å². The topological polar surface area (TPSA) is 71.2 Å². The standard InChI is InChI=1S/C21H22N2O3/c1-26-18-8-9-19-17(14-18)13-16(21(25)23-19)7-10-20(24)22-12-11-15-5-3-2-4-6-15/h2-6,8-9,13-14H,7,10-12H2,1H3,(H,22,24)(H,23,25). The molecule has 3 rings (SSSR count). The first-order chi connectivity index (χ1) is 12.7. The third kappa shape index (κ3) is 4.51. The van der Waals surface area contributed by atoms with Gasteiger partial charge in [-0.25, -0.2) is 0 Å². The van der Waals surface area contributed by atoms with E-state index in [1.165, 1.54) is 5.56 Å². The smallest absolute Gasteiger partial charge is 0.251 e. The molecule has 0 spiro atoms. The van der Waals surface area contributed by atoms with Crippen LogP contribution in [-0.4, -0.2) is 24.5 Å². The number of benzene rings is 2. The molecule has 0 aliphatic rings. The molecule has 26 heavy (non-hydrogen) atoms. The van der Waals surface area contributed by atoms with Gasteiger partial charge in [0.1, 0.15) is 5.75 Å². The van der Waals surface area contributed by atoms with Crippen LogP contribution in [0, 0.1) is 0 Å². The number of aryl methyl sites for hydroxylation is 1. The second-order valence-electron chi connectivity index (χ2n) is 6.16. The van der Waals surface area contributed by atoms with Crippen LogP contribution in [0.5, 0.6) is 5.75 Å². The summed E-state index contributed by atoms with van der Waals surface area (Å²) >= 11 is 0. The second kappa shape index (κ2) is 8.34. The van der Waals surface area contributed by atoms with Gasteiger partial charge in [0.05, 0.1) is 7.11 Å². The van der Waals surface area contributed by atoms with E-state index in [1.807, 2.05) is 48.5 Å². The Morgan fingerprint density at radius 2 is 1.88 bits per heavy atom. The van der Waals surface area contributed by atoms with Crippen LogP contribution in [0.4, 0.5) is 0 Å². The van der Waals surface area contributed by atoms with E-state index in [2.05, 4.69) is 10.3 Å². The van der Waals surface area contributed by atoms with Gasteiger partial charge in [-0.3, -0.25) is 9.59 Å². The number of nitrogens with one attached hydrogen (secondary N) is 2. The Morgan fingerprint density at radius 1 is 1.08 bits per heavy atom. The second-order valence-corrected chi connectivity index (χ2v) is 6.16. The molecule has 0 saturated heterocycles. The van der Waals surface area contributed by atoms with Crippen LogP contribution < -0.4 is 15.6 Å². The molecule has 0 aliphatic carbocycles. The fraction of sp³-hybridized carbons (Fsp3) is 0.238. The molecule has 0 saturated carbocycles. The lowest BCUT2D eigenvalue weighted by atomic mass is 10.1. The summed E-state index contributed by atoms with van der Waals surface area (Å²) < 4.78 is 5.22. The zero-order valence-electron chi connectivity index (χ0n) is 14.7. The van der Waals surface area contributed by atoms with Crippen molar-refractivity contribution in [1.29, 1.82) is 0 Å². The van der Waals surface area contributed by atoms with Gasteiger partial charge in [-0.15, -0.1) is 0 Å². The van der Waals surface area contributed by atoms with E-state index < -0.39 is 0 Å². The molecule has 1 amide bonds. The Bertz CT molecular complexity index is 948. The first-order valence-corrected chi connectivity index (χ1v) is 8.66. The molecule has 1 heterocycles. The van der Waals surface area contributed by atoms with Crippen LogP contribution in [0.2, 0.25) is 0 Å². The van der Waals surface area contributed by atoms with Crippen molar-refractivity contribution in [2.45, 2.75) is 19.3 Å². The lowest BCUT2D eigenvalue weighted by Crippen LogP contribution is -2.26. The maximum Gasteiger partial charge on any atom is 0.251 e. The zero-order chi connectivity index (χ0) is 18.4. The number of carbonyl (C=O) groups is 1. The van der Waals surface area contributed by atoms with Gasteiger partial charge in [-0.1, -0.05) is 30.3 Å². The number of rotatable bonds is 7. The molecule has 134 valence electrons. The van der Waals surface area contributed by atoms with E-state index in [-0.39, 0.29) is 17.9 Å². The third-order valence-electron chi connectivity index (χ3n) is 4.33. The molecule has 2 aromatic carbocycles. The Kier molecular flexibility index (Phi) is 5.69. The number of H-pyrrole nitrogens is 1. The summed E-state index contributed by atoms with van der Waals surface area (Å²) in [5, 5.41) is 3.80. The Morgan fingerprint density at radius 3 is 2.65 bits per heavy atom. The van der Waals surface area contributed by atoms with Gasteiger partial charge in [0.25, 0.3) is 5.56 Å². The zero-order valence-corrected chi connectivity index (χ0v) is 14.7. The van der Waals surface area contributed by atoms with Gasteiger partial charge >= 0.3 is 0 Å². The van der Waals surface area contributed by atoms with E-state index in [1.54, 1.807) is 13.2 Å². The van der Waals surface area contributed by atoms with Crippen molar-refractivity contribution in [3.63, 3.8) is 0 Å². The van der Waals surface area contributed by atoms with Gasteiger partial charge in [0.2, 0.25) is 5.91 Å². The predicted molar refractivity (Wildman–Crippen MR) is 103 cm³/mol. The van der Waals surface area contributed by atoms with Gasteiger partial charge in [-0.05, 0) is 42.7 Å². The van der Waals surface area contributed by atoms with E-state index >= 15 is 0 Å². The highest BCUT2D eigenvalue weighted by Crippen LogP contribution is 2.19. The minimum absolute atomic E-state index is 0.0499. The van der Waals surface area contributed by atoms with Crippen LogP contribution in [0.15, 0.2) is 59.4 Å². The van der Waals surface area contributed by atoms with Crippen LogP contribution in [0.3, 0.4) is 0 Å². The highest BCUT2D eigenvalue weighted by Gasteiger charge is 2.07. The highest BCUT2D eigenvalue weighted by molar-refractivity contribution is 5.81. The number of hydrogen-bond donors (Lipinski definition) is 2. The Balaban J connectivity index is 1.57. The van der Waals surface area contributed by atoms with Crippen molar-refractivity contribution >= 4 is 16.8 Å². The Hall–Kier alpha value is -3.08. The largest absolute Gasteiger partial charge is 0.497 e. The number of fused-ring (bicyclic) bond motifs is 1. The van der Waals surface area contributed by atoms with Crippen LogP contribution in [-0.2, 0) is 17.6 Å². The first-order valence-electron chi connectivity index (χ1n) is 8.66. The summed E-state index contributed by atoms with van der Waals surface area (Å²) in [6.07, 6.45) is 1.48. The maximum atomic E-state index is 12.2. The number of hydrogen-bond acceptors (Lipinski definition) is 3. The maximum absolute atomic E-state index is 12.2. The van der Waals surface area contributed by atoms with E-state index in [4.69, 9.17) is 4.74 Å². The highest BCUT2D eigenvalue weighted by atomic mass is 16.5. The lowest BCUT2D eigenvalue weighted by Gasteiger charge is -2.07. The van der Waals surface area contributed by atoms with Crippen molar-refractivity contribution < 1.29 is 9.53 Å². The predicted octanol–water partition coefficient (Wildman–Crippen LogP) is 2.83. The number of aromatic nitrogens is 1. The van der Waals surface area contributed by atoms with Crippen LogP contribution >= 0.6 is 0 Å². The number of aromatic amines is 1. The number of methoxy groups -OCH3 is 1. The Labute approximate surface area is 152 Å². The van der Waals surface area contributed by atoms with E-state index in [0.29, 0.717) is 18.5 Å². The molecule has 1 aromatic heterocycles. The van der Waals surface area contributed by atoms with E-state index in [9.17, 15) is 9.59 Å². The summed E-state index contributed by atoms with van der Waals surface area (Å²) in [4.78, 5) is 27.1. The third-order valence-corrected chi connectivity index (χ3v) is 4.33. The molecule has 5 nitrogen and oxygen atoms in total. The number of carbonyl (C=O) groups excluding carboxylic acids is 1. The molecule has 0 unspecified atom stereocenters. The lowest BCUT2D eigenvalue weighted by molar-refractivity contribution is -0.121. The van der Waals surface area contributed by atoms with Crippen molar-refractivity contribution in [1.82, 2.24) is 10.3 Å². The molecule has 0 atom stereocenters. The molecular weight excluding hydrogens is 328 g/mol.